The van der Waals surface area contributed by atoms with Crippen molar-refractivity contribution >= 4 is 17.8 Å². The monoisotopic (exact) mass is 375 g/mol. The van der Waals surface area contributed by atoms with Gasteiger partial charge in [-0.05, 0) is 31.0 Å². The van der Waals surface area contributed by atoms with Crippen LogP contribution in [0.25, 0.3) is 0 Å². The quantitative estimate of drug-likeness (QED) is 0.681. The van der Waals surface area contributed by atoms with E-state index in [1.165, 1.54) is 6.92 Å². The first-order valence-corrected chi connectivity index (χ1v) is 7.89. The maximum absolute atomic E-state index is 12.5. The van der Waals surface area contributed by atoms with Crippen LogP contribution in [0.5, 0.6) is 0 Å². The lowest BCUT2D eigenvalue weighted by Gasteiger charge is -2.18. The highest BCUT2D eigenvalue weighted by atomic mass is 19.4. The van der Waals surface area contributed by atoms with E-state index >= 15 is 0 Å². The first-order chi connectivity index (χ1) is 12.0. The van der Waals surface area contributed by atoms with Crippen molar-refractivity contribution < 1.29 is 37.4 Å². The van der Waals surface area contributed by atoms with Gasteiger partial charge in [0.2, 0.25) is 5.91 Å². The van der Waals surface area contributed by atoms with Crippen LogP contribution in [-0.2, 0) is 31.7 Å². The van der Waals surface area contributed by atoms with Gasteiger partial charge < -0.3 is 15.2 Å². The summed E-state index contributed by atoms with van der Waals surface area (Å²) in [6.45, 7) is 3.25. The van der Waals surface area contributed by atoms with Crippen molar-refractivity contribution in [2.24, 2.45) is 5.92 Å². The molecule has 0 saturated carbocycles. The Morgan fingerprint density at radius 1 is 1.19 bits per heavy atom. The van der Waals surface area contributed by atoms with Crippen LogP contribution in [0.4, 0.5) is 13.2 Å². The fourth-order valence-electron chi connectivity index (χ4n) is 2.20. The summed E-state index contributed by atoms with van der Waals surface area (Å²) in [6.07, 6.45) is -4.92. The number of hydrogen-bond donors (Lipinski definition) is 2. The largest absolute Gasteiger partial charge is 0.480 e. The lowest BCUT2D eigenvalue weighted by Crippen LogP contribution is -2.43. The van der Waals surface area contributed by atoms with E-state index in [4.69, 9.17) is 4.74 Å². The molecule has 1 amide bonds. The smallest absolute Gasteiger partial charge is 0.416 e. The van der Waals surface area contributed by atoms with Crippen LogP contribution in [0.2, 0.25) is 0 Å². The van der Waals surface area contributed by atoms with Gasteiger partial charge in [0.1, 0.15) is 6.04 Å². The van der Waals surface area contributed by atoms with Gasteiger partial charge in [-0.15, -0.1) is 0 Å². The molecule has 144 valence electrons. The Bertz CT molecular complexity index is 643. The minimum Gasteiger partial charge on any atom is -0.480 e. The van der Waals surface area contributed by atoms with Gasteiger partial charge in [-0.1, -0.05) is 19.1 Å². The Labute approximate surface area is 148 Å². The van der Waals surface area contributed by atoms with E-state index in [2.05, 4.69) is 5.32 Å². The summed E-state index contributed by atoms with van der Waals surface area (Å²) in [5.41, 5.74) is -0.536. The fraction of sp³-hybridized carbons (Fsp3) is 0.471. The standard InChI is InChI=1S/C17H20F3NO5/c1-3-26-16(25)10(2)8-13(15(23)24)21-14(22)9-11-4-6-12(7-5-11)17(18,19)20/h4-7,10,13H,3,8-9H2,1-2H3,(H,21,22)(H,23,24)/t10-,13-/m1/s1. The van der Waals surface area contributed by atoms with Gasteiger partial charge >= 0.3 is 18.1 Å². The van der Waals surface area contributed by atoms with E-state index in [1.807, 2.05) is 0 Å². The van der Waals surface area contributed by atoms with Crippen molar-refractivity contribution in [2.45, 2.75) is 38.9 Å². The van der Waals surface area contributed by atoms with Gasteiger partial charge in [0.15, 0.2) is 0 Å². The topological polar surface area (TPSA) is 92.7 Å². The summed E-state index contributed by atoms with van der Waals surface area (Å²) in [4.78, 5) is 34.8. The second kappa shape index (κ2) is 9.21. The molecule has 6 nitrogen and oxygen atoms in total. The molecule has 2 atom stereocenters. The predicted molar refractivity (Wildman–Crippen MR) is 85.1 cm³/mol. The van der Waals surface area contributed by atoms with Crippen LogP contribution < -0.4 is 5.32 Å². The Morgan fingerprint density at radius 3 is 2.23 bits per heavy atom. The molecule has 1 aromatic carbocycles. The molecule has 0 unspecified atom stereocenters. The number of aliphatic carboxylic acids is 1. The van der Waals surface area contributed by atoms with Gasteiger partial charge in [0.25, 0.3) is 0 Å². The van der Waals surface area contributed by atoms with Crippen LogP contribution in [-0.4, -0.2) is 35.6 Å². The normalized spacial score (nSPS) is 13.6. The number of benzene rings is 1. The number of esters is 1. The molecule has 1 rings (SSSR count). The van der Waals surface area contributed by atoms with E-state index in [0.29, 0.717) is 5.56 Å². The van der Waals surface area contributed by atoms with Crippen molar-refractivity contribution in [3.8, 4) is 0 Å². The van der Waals surface area contributed by atoms with Gasteiger partial charge in [-0.25, -0.2) is 4.79 Å². The van der Waals surface area contributed by atoms with Gasteiger partial charge in [-0.3, -0.25) is 9.59 Å². The van der Waals surface area contributed by atoms with E-state index < -0.39 is 41.5 Å². The number of carbonyl (C=O) groups excluding carboxylic acids is 2. The maximum atomic E-state index is 12.5. The Morgan fingerprint density at radius 2 is 1.77 bits per heavy atom. The molecule has 0 aliphatic carbocycles. The van der Waals surface area contributed by atoms with Crippen molar-refractivity contribution in [3.63, 3.8) is 0 Å². The van der Waals surface area contributed by atoms with Gasteiger partial charge in [0, 0.05) is 0 Å². The summed E-state index contributed by atoms with van der Waals surface area (Å²) in [6, 6.07) is 2.69. The number of carboxylic acids is 1. The third-order valence-electron chi connectivity index (χ3n) is 3.56. The number of halogens is 3. The number of nitrogens with one attached hydrogen (secondary N) is 1. The van der Waals surface area contributed by atoms with E-state index in [9.17, 15) is 32.7 Å². The maximum Gasteiger partial charge on any atom is 0.416 e. The highest BCUT2D eigenvalue weighted by Crippen LogP contribution is 2.29. The zero-order chi connectivity index (χ0) is 19.9. The van der Waals surface area contributed by atoms with E-state index in [0.717, 1.165) is 24.3 Å². The molecule has 0 spiro atoms. The van der Waals surface area contributed by atoms with Crippen LogP contribution in [0.1, 0.15) is 31.4 Å². The minimum atomic E-state index is -4.47. The Kier molecular flexibility index (Phi) is 7.60. The summed E-state index contributed by atoms with van der Waals surface area (Å²) >= 11 is 0. The lowest BCUT2D eigenvalue weighted by molar-refractivity contribution is -0.149. The Balaban J connectivity index is 2.67. The molecule has 0 aliphatic heterocycles. The first kappa shape index (κ1) is 21.5. The van der Waals surface area contributed by atoms with Gasteiger partial charge in [0.05, 0.1) is 24.5 Å². The number of carbonyl (C=O) groups is 3. The molecule has 0 heterocycles. The lowest BCUT2D eigenvalue weighted by atomic mass is 10.0. The molecule has 0 bridgehead atoms. The third-order valence-corrected chi connectivity index (χ3v) is 3.56. The second-order valence-corrected chi connectivity index (χ2v) is 5.72. The molecular formula is C17H20F3NO5. The summed E-state index contributed by atoms with van der Waals surface area (Å²) < 4.78 is 42.3. The zero-order valence-corrected chi connectivity index (χ0v) is 14.3. The molecule has 2 N–H and O–H groups in total. The van der Waals surface area contributed by atoms with E-state index in [1.54, 1.807) is 6.92 Å². The highest BCUT2D eigenvalue weighted by Gasteiger charge is 2.30. The number of rotatable bonds is 8. The third kappa shape index (κ3) is 6.73. The van der Waals surface area contributed by atoms with E-state index in [-0.39, 0.29) is 19.4 Å². The highest BCUT2D eigenvalue weighted by molar-refractivity contribution is 5.85. The van der Waals surface area contributed by atoms with Crippen LogP contribution >= 0.6 is 0 Å². The molecular weight excluding hydrogens is 355 g/mol. The predicted octanol–water partition coefficient (Wildman–Crippen LogP) is 2.41. The zero-order valence-electron chi connectivity index (χ0n) is 14.3. The number of amides is 1. The summed E-state index contributed by atoms with van der Waals surface area (Å²) in [7, 11) is 0. The second-order valence-electron chi connectivity index (χ2n) is 5.72. The molecule has 0 fully saturated rings. The fourth-order valence-corrected chi connectivity index (χ4v) is 2.20. The minimum absolute atomic E-state index is 0.154. The molecule has 0 aliphatic rings. The average molecular weight is 375 g/mol. The number of alkyl halides is 3. The van der Waals surface area contributed by atoms with Crippen molar-refractivity contribution in [3.05, 3.63) is 35.4 Å². The van der Waals surface area contributed by atoms with Crippen molar-refractivity contribution in [1.29, 1.82) is 0 Å². The van der Waals surface area contributed by atoms with Crippen molar-refractivity contribution in [1.82, 2.24) is 5.32 Å². The van der Waals surface area contributed by atoms with Crippen LogP contribution in [0.3, 0.4) is 0 Å². The molecule has 0 radical (unpaired) electrons. The summed E-state index contributed by atoms with van der Waals surface area (Å²) in [5, 5.41) is 11.5. The van der Waals surface area contributed by atoms with Crippen LogP contribution in [0.15, 0.2) is 24.3 Å². The average Bonchev–Trinajstić information content (AvgIpc) is 2.53. The molecule has 0 saturated heterocycles. The molecule has 0 aromatic heterocycles. The number of hydrogen-bond acceptors (Lipinski definition) is 4. The molecule has 9 heteroatoms. The molecule has 26 heavy (non-hydrogen) atoms. The molecule has 1 aromatic rings. The number of carboxylic acid groups (broad SMARTS) is 1. The van der Waals surface area contributed by atoms with Crippen LogP contribution in [0, 0.1) is 5.92 Å². The SMILES string of the molecule is CCOC(=O)[C@H](C)C[C@@H](NC(=O)Cc1ccc(C(F)(F)F)cc1)C(=O)O. The van der Waals surface area contributed by atoms with Gasteiger partial charge in [-0.2, -0.15) is 13.2 Å². The number of ether oxygens (including phenoxy) is 1. The summed E-state index contributed by atoms with van der Waals surface area (Å²) in [5.74, 6) is -3.30. The first-order valence-electron chi connectivity index (χ1n) is 7.89. The van der Waals surface area contributed by atoms with Crippen molar-refractivity contribution in [2.75, 3.05) is 6.61 Å². The Hall–Kier alpha value is -2.58.